The molecule has 0 aliphatic heterocycles. The van der Waals surface area contributed by atoms with Crippen LogP contribution in [0.25, 0.3) is 98.1 Å². The molecule has 1 aliphatic carbocycles. The lowest BCUT2D eigenvalue weighted by Gasteiger charge is -2.38. The zero-order valence-corrected chi connectivity index (χ0v) is 40.1. The first kappa shape index (κ1) is 40.7. The van der Waals surface area contributed by atoms with Crippen molar-refractivity contribution in [1.29, 1.82) is 0 Å². The molecule has 12 aromatic carbocycles. The lowest BCUT2D eigenvalue weighted by Crippen LogP contribution is -2.25. The van der Waals surface area contributed by atoms with Crippen molar-refractivity contribution in [3.05, 3.63) is 241 Å². The Hall–Kier alpha value is -9.12. The molecule has 14 aromatic rings. The molecule has 0 amide bonds. The van der Waals surface area contributed by atoms with E-state index in [4.69, 9.17) is 8.83 Å². The standard InChI is InChI=1S/C68H46N2O2/c1-41-52-31-27-48(69(46-25-23-42-13-4-6-15-44(42)35-46)49-29-33-64-58(38-49)53-17-8-10-21-62(53)71-64)37-57(52)55-19-12-20-60-67(55)66(41)56-32-28-51(40-61(56)68(60,2)3)70(47-26-24-43-14-5-7-16-45(43)36-47)50-30-34-65-59(39-50)54-18-9-11-22-63(54)72-65/h4-40H,1-3H3. The Bertz CT molecular complexity index is 4590. The molecule has 0 spiro atoms. The van der Waals surface area contributed by atoms with Crippen LogP contribution in [0.5, 0.6) is 0 Å². The van der Waals surface area contributed by atoms with E-state index in [1.165, 1.54) is 70.9 Å². The maximum atomic E-state index is 6.33. The minimum Gasteiger partial charge on any atom is -0.456 e. The molecule has 0 radical (unpaired) electrons. The summed E-state index contributed by atoms with van der Waals surface area (Å²) in [7, 11) is 0. The van der Waals surface area contributed by atoms with Gasteiger partial charge in [-0.2, -0.15) is 0 Å². The maximum Gasteiger partial charge on any atom is 0.135 e. The van der Waals surface area contributed by atoms with Crippen LogP contribution in [0.4, 0.5) is 34.1 Å². The Labute approximate surface area is 416 Å². The van der Waals surface area contributed by atoms with Crippen molar-refractivity contribution < 1.29 is 8.83 Å². The monoisotopic (exact) mass is 922 g/mol. The van der Waals surface area contributed by atoms with Crippen LogP contribution in [0, 0.1) is 6.92 Å². The highest BCUT2D eigenvalue weighted by atomic mass is 16.3. The van der Waals surface area contributed by atoms with E-state index >= 15 is 0 Å². The SMILES string of the molecule is Cc1c2c3c(cccc3c3cc(N(c4ccc5ccccc5c4)c4ccc5oc6ccccc6c5c4)ccc13)C(C)(C)c1cc(N(c3ccc4ccccc4c3)c3ccc4oc5ccccc5c4c3)ccc1-2. The molecule has 0 fully saturated rings. The Morgan fingerprint density at radius 2 is 0.764 bits per heavy atom. The molecule has 2 heterocycles. The van der Waals surface area contributed by atoms with E-state index in [1.54, 1.807) is 0 Å². The molecule has 340 valence electrons. The van der Waals surface area contributed by atoms with Crippen LogP contribution in [0.15, 0.2) is 233 Å². The van der Waals surface area contributed by atoms with Crippen LogP contribution in [0.3, 0.4) is 0 Å². The first-order valence-corrected chi connectivity index (χ1v) is 24.9. The summed E-state index contributed by atoms with van der Waals surface area (Å²) in [6.45, 7) is 7.14. The fourth-order valence-corrected chi connectivity index (χ4v) is 12.2. The van der Waals surface area contributed by atoms with Gasteiger partial charge < -0.3 is 18.6 Å². The van der Waals surface area contributed by atoms with Gasteiger partial charge in [-0.3, -0.25) is 0 Å². The summed E-state index contributed by atoms with van der Waals surface area (Å²) in [4.78, 5) is 4.83. The van der Waals surface area contributed by atoms with Gasteiger partial charge in [0.25, 0.3) is 0 Å². The van der Waals surface area contributed by atoms with Gasteiger partial charge in [0.05, 0.1) is 0 Å². The zero-order valence-electron chi connectivity index (χ0n) is 40.1. The number of aryl methyl sites for hydroxylation is 1. The molecular formula is C68H46N2O2. The molecule has 72 heavy (non-hydrogen) atoms. The topological polar surface area (TPSA) is 32.8 Å². The summed E-state index contributed by atoms with van der Waals surface area (Å²) in [6, 6.07) is 81.9. The minimum absolute atomic E-state index is 0.324. The number of rotatable bonds is 6. The van der Waals surface area contributed by atoms with Crippen LogP contribution < -0.4 is 9.80 Å². The van der Waals surface area contributed by atoms with Gasteiger partial charge in [-0.05, 0) is 175 Å². The number of benzene rings is 12. The molecule has 0 saturated carbocycles. The van der Waals surface area contributed by atoms with Gasteiger partial charge >= 0.3 is 0 Å². The molecule has 1 aliphatic rings. The number of nitrogens with zero attached hydrogens (tertiary/aromatic N) is 2. The number of anilines is 6. The van der Waals surface area contributed by atoms with Crippen LogP contribution in [-0.4, -0.2) is 0 Å². The molecule has 0 unspecified atom stereocenters. The van der Waals surface area contributed by atoms with Gasteiger partial charge in [0.1, 0.15) is 22.3 Å². The van der Waals surface area contributed by atoms with Crippen molar-refractivity contribution in [2.24, 2.45) is 0 Å². The number of hydrogen-bond donors (Lipinski definition) is 0. The number of hydrogen-bond acceptors (Lipinski definition) is 4. The third-order valence-electron chi connectivity index (χ3n) is 15.7. The molecule has 2 aromatic heterocycles. The van der Waals surface area contributed by atoms with Gasteiger partial charge in [-0.15, -0.1) is 0 Å². The molecular weight excluding hydrogens is 877 g/mol. The van der Waals surface area contributed by atoms with Crippen LogP contribution in [-0.2, 0) is 5.41 Å². The predicted molar refractivity (Wildman–Crippen MR) is 303 cm³/mol. The summed E-state index contributed by atoms with van der Waals surface area (Å²) in [5, 5.41) is 14.4. The highest BCUT2D eigenvalue weighted by molar-refractivity contribution is 6.20. The minimum atomic E-state index is -0.324. The predicted octanol–water partition coefficient (Wildman–Crippen LogP) is 19.7. The average Bonchev–Trinajstić information content (AvgIpc) is 3.99. The average molecular weight is 923 g/mol. The van der Waals surface area contributed by atoms with Crippen molar-refractivity contribution in [3.8, 4) is 11.1 Å². The Kier molecular flexibility index (Phi) is 8.59. The second-order valence-corrected chi connectivity index (χ2v) is 20.1. The first-order chi connectivity index (χ1) is 35.3. The van der Waals surface area contributed by atoms with E-state index in [1.807, 2.05) is 18.2 Å². The lowest BCUT2D eigenvalue weighted by molar-refractivity contribution is 0.645. The van der Waals surface area contributed by atoms with Gasteiger partial charge in [0, 0.05) is 61.1 Å². The van der Waals surface area contributed by atoms with E-state index in [9.17, 15) is 0 Å². The zero-order chi connectivity index (χ0) is 47.8. The van der Waals surface area contributed by atoms with Gasteiger partial charge in [-0.1, -0.05) is 141 Å². The molecule has 0 atom stereocenters. The molecule has 0 saturated heterocycles. The summed E-state index contributed by atoms with van der Waals surface area (Å²) < 4.78 is 12.7. The van der Waals surface area contributed by atoms with E-state index in [-0.39, 0.29) is 5.41 Å². The third-order valence-corrected chi connectivity index (χ3v) is 15.7. The summed E-state index contributed by atoms with van der Waals surface area (Å²) in [6.07, 6.45) is 0. The maximum absolute atomic E-state index is 6.33. The van der Waals surface area contributed by atoms with Crippen LogP contribution in [0.2, 0.25) is 0 Å². The smallest absolute Gasteiger partial charge is 0.135 e. The van der Waals surface area contributed by atoms with Crippen molar-refractivity contribution in [2.75, 3.05) is 9.80 Å². The van der Waals surface area contributed by atoms with E-state index in [0.29, 0.717) is 0 Å². The second-order valence-electron chi connectivity index (χ2n) is 20.1. The molecule has 4 heteroatoms. The summed E-state index contributed by atoms with van der Waals surface area (Å²) in [5.74, 6) is 0. The van der Waals surface area contributed by atoms with Crippen molar-refractivity contribution in [2.45, 2.75) is 26.2 Å². The third kappa shape index (κ3) is 5.99. The van der Waals surface area contributed by atoms with Crippen molar-refractivity contribution >= 4 is 121 Å². The fraction of sp³-hybridized carbons (Fsp3) is 0.0588. The highest BCUT2D eigenvalue weighted by Crippen LogP contribution is 2.54. The lowest BCUT2D eigenvalue weighted by atomic mass is 9.67. The quantitative estimate of drug-likeness (QED) is 0.156. The summed E-state index contributed by atoms with van der Waals surface area (Å²) >= 11 is 0. The van der Waals surface area contributed by atoms with Crippen molar-refractivity contribution in [3.63, 3.8) is 0 Å². The van der Waals surface area contributed by atoms with Crippen LogP contribution in [0.1, 0.15) is 30.5 Å². The molecule has 0 bridgehead atoms. The van der Waals surface area contributed by atoms with Crippen molar-refractivity contribution in [1.82, 2.24) is 0 Å². The number of para-hydroxylation sites is 2. The van der Waals surface area contributed by atoms with Crippen LogP contribution >= 0.6 is 0 Å². The molecule has 15 rings (SSSR count). The van der Waals surface area contributed by atoms with E-state index in [0.717, 1.165) is 78.0 Å². The van der Waals surface area contributed by atoms with Gasteiger partial charge in [-0.25, -0.2) is 0 Å². The van der Waals surface area contributed by atoms with E-state index < -0.39 is 0 Å². The Morgan fingerprint density at radius 1 is 0.319 bits per heavy atom. The second kappa shape index (κ2) is 15.2. The molecule has 4 nitrogen and oxygen atoms in total. The molecule has 0 N–H and O–H groups in total. The van der Waals surface area contributed by atoms with Gasteiger partial charge in [0.2, 0.25) is 0 Å². The van der Waals surface area contributed by atoms with Gasteiger partial charge in [0.15, 0.2) is 0 Å². The Balaban J connectivity index is 0.919. The largest absolute Gasteiger partial charge is 0.456 e. The number of fused-ring (bicyclic) bond motifs is 12. The normalized spacial score (nSPS) is 13.0. The Morgan fingerprint density at radius 3 is 1.36 bits per heavy atom. The highest BCUT2D eigenvalue weighted by Gasteiger charge is 2.36. The fourth-order valence-electron chi connectivity index (χ4n) is 12.2. The summed E-state index contributed by atoms with van der Waals surface area (Å²) in [5.41, 5.74) is 16.3. The van der Waals surface area contributed by atoms with E-state index in [2.05, 4.69) is 237 Å². The number of furan rings is 2. The first-order valence-electron chi connectivity index (χ1n) is 24.9.